The highest BCUT2D eigenvalue weighted by molar-refractivity contribution is 9.10. The van der Waals surface area contributed by atoms with Gasteiger partial charge >= 0.3 is 11.7 Å². The quantitative estimate of drug-likeness (QED) is 0.123. The highest BCUT2D eigenvalue weighted by atomic mass is 79.9. The van der Waals surface area contributed by atoms with E-state index in [9.17, 15) is 19.7 Å². The van der Waals surface area contributed by atoms with Crippen molar-refractivity contribution in [3.63, 3.8) is 0 Å². The second kappa shape index (κ2) is 11.9. The molecule has 0 bridgehead atoms. The van der Waals surface area contributed by atoms with Crippen molar-refractivity contribution >= 4 is 60.6 Å². The van der Waals surface area contributed by atoms with E-state index in [1.807, 2.05) is 19.9 Å². The number of fused-ring (bicyclic) bond motifs is 1. The van der Waals surface area contributed by atoms with E-state index in [1.165, 1.54) is 29.1 Å². The largest absolute Gasteiger partial charge is 0.481 e. The summed E-state index contributed by atoms with van der Waals surface area (Å²) in [6.07, 6.45) is 2.09. The molecule has 4 aromatic rings. The fourth-order valence-corrected chi connectivity index (χ4v) is 4.70. The number of carboxylic acid groups (broad SMARTS) is 1. The predicted octanol–water partition coefficient (Wildman–Crippen LogP) is 6.50. The number of carbonyl (C=O) groups is 1. The Morgan fingerprint density at radius 1 is 1.21 bits per heavy atom. The zero-order chi connectivity index (χ0) is 28.3. The molecule has 0 saturated carbocycles. The van der Waals surface area contributed by atoms with Crippen molar-refractivity contribution in [1.82, 2.24) is 9.66 Å². The third kappa shape index (κ3) is 6.23. The van der Waals surface area contributed by atoms with Gasteiger partial charge in [0.05, 0.1) is 32.1 Å². The summed E-state index contributed by atoms with van der Waals surface area (Å²) in [6.45, 7) is 3.91. The van der Waals surface area contributed by atoms with Crippen LogP contribution in [0, 0.1) is 10.1 Å². The molecule has 3 aromatic carbocycles. The first kappa shape index (κ1) is 28.1. The van der Waals surface area contributed by atoms with Gasteiger partial charge in [0.25, 0.3) is 5.56 Å². The second-order valence-electron chi connectivity index (χ2n) is 8.70. The van der Waals surface area contributed by atoms with E-state index < -0.39 is 10.9 Å². The molecule has 4 rings (SSSR count). The molecule has 200 valence electrons. The van der Waals surface area contributed by atoms with Gasteiger partial charge in [-0.1, -0.05) is 41.9 Å². The van der Waals surface area contributed by atoms with Crippen LogP contribution in [0.25, 0.3) is 10.9 Å². The molecule has 12 heteroatoms. The van der Waals surface area contributed by atoms with Gasteiger partial charge in [-0.3, -0.25) is 14.9 Å². The van der Waals surface area contributed by atoms with Crippen molar-refractivity contribution in [3.8, 4) is 5.75 Å². The molecule has 0 fully saturated rings. The summed E-state index contributed by atoms with van der Waals surface area (Å²) in [5.74, 6) is -0.626. The van der Waals surface area contributed by atoms with Gasteiger partial charge in [0, 0.05) is 22.0 Å². The van der Waals surface area contributed by atoms with E-state index in [-0.39, 0.29) is 35.1 Å². The van der Waals surface area contributed by atoms with E-state index in [1.54, 1.807) is 30.3 Å². The SMILES string of the molecule is CC[C@H](C)c1nc2ccc(Br)cc2c(=O)n1N=Cc1cc(Br)c(OCc2ccc(C(=O)O)cc2)c([N+](=O)[O-])c1. The molecular weight excluding hydrogens is 636 g/mol. The van der Waals surface area contributed by atoms with Gasteiger partial charge in [-0.2, -0.15) is 9.78 Å². The molecule has 1 aromatic heterocycles. The summed E-state index contributed by atoms with van der Waals surface area (Å²) in [7, 11) is 0. The Hall–Kier alpha value is -3.90. The Morgan fingerprint density at radius 3 is 2.56 bits per heavy atom. The summed E-state index contributed by atoms with van der Waals surface area (Å²) >= 11 is 6.73. The number of hydrogen-bond acceptors (Lipinski definition) is 7. The van der Waals surface area contributed by atoms with Gasteiger partial charge < -0.3 is 9.84 Å². The predicted molar refractivity (Wildman–Crippen MR) is 154 cm³/mol. The molecule has 0 aliphatic heterocycles. The molecule has 0 saturated heterocycles. The summed E-state index contributed by atoms with van der Waals surface area (Å²) in [5, 5.41) is 25.7. The van der Waals surface area contributed by atoms with Crippen LogP contribution in [-0.4, -0.2) is 31.9 Å². The van der Waals surface area contributed by atoms with Crippen LogP contribution >= 0.6 is 31.9 Å². The fourth-order valence-electron chi connectivity index (χ4n) is 3.75. The van der Waals surface area contributed by atoms with Crippen LogP contribution in [0.1, 0.15) is 53.5 Å². The summed E-state index contributed by atoms with van der Waals surface area (Å²) in [4.78, 5) is 40.3. The zero-order valence-corrected chi connectivity index (χ0v) is 24.0. The Kier molecular flexibility index (Phi) is 8.56. The van der Waals surface area contributed by atoms with Crippen LogP contribution in [0.2, 0.25) is 0 Å². The van der Waals surface area contributed by atoms with Crippen LogP contribution in [0.3, 0.4) is 0 Å². The second-order valence-corrected chi connectivity index (χ2v) is 10.5. The molecule has 1 heterocycles. The molecule has 0 amide bonds. The number of nitro groups is 1. The number of carboxylic acids is 1. The van der Waals surface area contributed by atoms with Crippen LogP contribution in [-0.2, 0) is 6.61 Å². The van der Waals surface area contributed by atoms with Crippen LogP contribution in [0.15, 0.2) is 73.4 Å². The lowest BCUT2D eigenvalue weighted by atomic mass is 10.1. The Labute approximate surface area is 239 Å². The van der Waals surface area contributed by atoms with Crippen molar-refractivity contribution in [2.24, 2.45) is 5.10 Å². The van der Waals surface area contributed by atoms with Gasteiger partial charge in [-0.15, -0.1) is 0 Å². The highest BCUT2D eigenvalue weighted by Crippen LogP contribution is 2.36. The maximum absolute atomic E-state index is 13.3. The molecule has 0 aliphatic carbocycles. The minimum atomic E-state index is -1.05. The molecule has 39 heavy (non-hydrogen) atoms. The maximum Gasteiger partial charge on any atom is 0.335 e. The minimum Gasteiger partial charge on any atom is -0.481 e. The number of halogens is 2. The van der Waals surface area contributed by atoms with Gasteiger partial charge in [-0.05, 0) is 64.3 Å². The molecule has 0 aliphatic rings. The monoisotopic (exact) mass is 656 g/mol. The zero-order valence-electron chi connectivity index (χ0n) is 20.8. The lowest BCUT2D eigenvalue weighted by Gasteiger charge is -2.14. The molecule has 10 nitrogen and oxygen atoms in total. The fraction of sp³-hybridized carbons (Fsp3) is 0.185. The standard InChI is InChI=1S/C27H22Br2N4O6/c1-3-15(2)25-31-22-9-8-19(28)12-20(22)26(34)32(25)30-13-17-10-21(29)24(23(11-17)33(37)38)39-14-16-4-6-18(7-5-16)27(35)36/h4-13,15H,3,14H2,1-2H3,(H,35,36)/t15-/m0/s1. The number of ether oxygens (including phenoxy) is 1. The number of hydrogen-bond donors (Lipinski definition) is 1. The number of nitro benzene ring substituents is 1. The van der Waals surface area contributed by atoms with Gasteiger partial charge in [0.15, 0.2) is 0 Å². The third-order valence-electron chi connectivity index (χ3n) is 6.04. The Balaban J connectivity index is 1.69. The van der Waals surface area contributed by atoms with E-state index >= 15 is 0 Å². The Morgan fingerprint density at radius 2 is 1.92 bits per heavy atom. The number of nitrogens with zero attached hydrogens (tertiary/aromatic N) is 4. The lowest BCUT2D eigenvalue weighted by Crippen LogP contribution is -2.23. The maximum atomic E-state index is 13.3. The smallest absolute Gasteiger partial charge is 0.335 e. The number of benzene rings is 3. The summed E-state index contributed by atoms with van der Waals surface area (Å²) in [6, 6.07) is 14.2. The topological polar surface area (TPSA) is 137 Å². The molecule has 0 unspecified atom stereocenters. The number of aromatic carboxylic acids is 1. The van der Waals surface area contributed by atoms with Crippen LogP contribution in [0.4, 0.5) is 5.69 Å². The highest BCUT2D eigenvalue weighted by Gasteiger charge is 2.21. The minimum absolute atomic E-state index is 0.00847. The van der Waals surface area contributed by atoms with Gasteiger partial charge in [0.2, 0.25) is 5.75 Å². The molecule has 0 radical (unpaired) electrons. The van der Waals surface area contributed by atoms with Gasteiger partial charge in [-0.25, -0.2) is 9.78 Å². The van der Waals surface area contributed by atoms with E-state index in [2.05, 4.69) is 41.9 Å². The van der Waals surface area contributed by atoms with E-state index in [4.69, 9.17) is 9.84 Å². The lowest BCUT2D eigenvalue weighted by molar-refractivity contribution is -0.386. The first-order chi connectivity index (χ1) is 18.6. The first-order valence-electron chi connectivity index (χ1n) is 11.8. The third-order valence-corrected chi connectivity index (χ3v) is 7.12. The molecule has 1 atom stereocenters. The normalized spacial score (nSPS) is 12.1. The molecule has 1 N–H and O–H groups in total. The Bertz CT molecular complexity index is 1670. The average molecular weight is 658 g/mol. The summed E-state index contributed by atoms with van der Waals surface area (Å²) < 4.78 is 8.00. The van der Waals surface area contributed by atoms with Gasteiger partial charge in [0.1, 0.15) is 12.4 Å². The van der Waals surface area contributed by atoms with Crippen molar-refractivity contribution in [1.29, 1.82) is 0 Å². The van der Waals surface area contributed by atoms with E-state index in [0.717, 1.165) is 10.9 Å². The summed E-state index contributed by atoms with van der Waals surface area (Å²) in [5.41, 5.74) is 1.03. The molecular formula is C27H22Br2N4O6. The van der Waals surface area contributed by atoms with Crippen molar-refractivity contribution in [3.05, 3.63) is 107 Å². The van der Waals surface area contributed by atoms with E-state index in [0.29, 0.717) is 32.3 Å². The van der Waals surface area contributed by atoms with Crippen molar-refractivity contribution in [2.45, 2.75) is 32.8 Å². The van der Waals surface area contributed by atoms with Crippen molar-refractivity contribution < 1.29 is 19.6 Å². The van der Waals surface area contributed by atoms with Crippen LogP contribution in [0.5, 0.6) is 5.75 Å². The number of aromatic nitrogens is 2. The average Bonchev–Trinajstić information content (AvgIpc) is 2.91. The first-order valence-corrected chi connectivity index (χ1v) is 13.4. The van der Waals surface area contributed by atoms with Crippen LogP contribution < -0.4 is 10.3 Å². The molecule has 0 spiro atoms. The van der Waals surface area contributed by atoms with Crippen molar-refractivity contribution in [2.75, 3.05) is 0 Å². The number of rotatable bonds is 9.